The number of rotatable bonds is 12. The minimum atomic E-state index is -1.04. The van der Waals surface area contributed by atoms with Crippen molar-refractivity contribution in [2.75, 3.05) is 13.2 Å². The zero-order valence-corrected chi connectivity index (χ0v) is 22.7. The molecule has 0 aliphatic heterocycles. The van der Waals surface area contributed by atoms with E-state index in [0.717, 1.165) is 5.56 Å². The van der Waals surface area contributed by atoms with Gasteiger partial charge in [0.05, 0.1) is 6.61 Å². The molecule has 3 atom stereocenters. The van der Waals surface area contributed by atoms with Crippen molar-refractivity contribution in [3.63, 3.8) is 0 Å². The second kappa shape index (κ2) is 14.8. The van der Waals surface area contributed by atoms with Crippen molar-refractivity contribution in [3.8, 4) is 0 Å². The van der Waals surface area contributed by atoms with Crippen LogP contribution in [0.1, 0.15) is 54.0 Å². The van der Waals surface area contributed by atoms with Gasteiger partial charge in [0.1, 0.15) is 30.3 Å². The summed E-state index contributed by atoms with van der Waals surface area (Å²) < 4.78 is 9.99. The third-order valence-electron chi connectivity index (χ3n) is 5.00. The molecule has 0 heterocycles. The molecule has 11 nitrogen and oxygen atoms in total. The van der Waals surface area contributed by atoms with E-state index in [1.54, 1.807) is 65.8 Å². The fourth-order valence-corrected chi connectivity index (χ4v) is 3.18. The molecule has 0 aromatic heterocycles. The minimum absolute atomic E-state index is 0.146. The van der Waals surface area contributed by atoms with Gasteiger partial charge in [-0.3, -0.25) is 19.2 Å². The van der Waals surface area contributed by atoms with Gasteiger partial charge < -0.3 is 30.7 Å². The van der Waals surface area contributed by atoms with E-state index in [0.29, 0.717) is 0 Å². The molecule has 0 aliphatic carbocycles. The van der Waals surface area contributed by atoms with Crippen LogP contribution in [0.15, 0.2) is 30.3 Å². The van der Waals surface area contributed by atoms with Crippen LogP contribution in [0.25, 0.3) is 0 Å². The number of alkyl carbamates (subject to hydrolysis) is 1. The lowest BCUT2D eigenvalue weighted by molar-refractivity contribution is -0.143. The van der Waals surface area contributed by atoms with Crippen LogP contribution in [0.5, 0.6) is 0 Å². The molecule has 1 rings (SSSR count). The average molecular weight is 521 g/mol. The first-order valence-corrected chi connectivity index (χ1v) is 12.3. The average Bonchev–Trinajstić information content (AvgIpc) is 2.79. The van der Waals surface area contributed by atoms with Crippen LogP contribution < -0.4 is 21.3 Å². The van der Waals surface area contributed by atoms with Gasteiger partial charge in [0, 0.05) is 6.42 Å². The van der Waals surface area contributed by atoms with Crippen LogP contribution in [0.2, 0.25) is 0 Å². The smallest absolute Gasteiger partial charge is 0.408 e. The number of hydrogen-bond acceptors (Lipinski definition) is 7. The summed E-state index contributed by atoms with van der Waals surface area (Å²) in [6.45, 7) is 11.6. The highest BCUT2D eigenvalue weighted by molar-refractivity contribution is 5.94. The monoisotopic (exact) mass is 520 g/mol. The topological polar surface area (TPSA) is 152 Å². The summed E-state index contributed by atoms with van der Waals surface area (Å²) >= 11 is 0. The third kappa shape index (κ3) is 12.2. The Morgan fingerprint density at radius 3 is 2.03 bits per heavy atom. The van der Waals surface area contributed by atoms with Crippen LogP contribution in [0.4, 0.5) is 4.79 Å². The van der Waals surface area contributed by atoms with Crippen molar-refractivity contribution < 1.29 is 33.4 Å². The highest BCUT2D eigenvalue weighted by Crippen LogP contribution is 2.09. The molecule has 0 spiro atoms. The van der Waals surface area contributed by atoms with Crippen LogP contribution in [0.3, 0.4) is 0 Å². The molecule has 11 heteroatoms. The van der Waals surface area contributed by atoms with Crippen LogP contribution in [-0.2, 0) is 35.1 Å². The summed E-state index contributed by atoms with van der Waals surface area (Å²) in [5.74, 6) is -2.65. The standard InChI is InChI=1S/C26H40N4O7/c1-8-36-20(31)15-27-24(34)21(16(2)3)30-23(33)19(14-18-12-10-9-11-13-18)29-22(32)17(4)28-25(35)37-26(5,6)7/h9-13,16-17,19,21H,8,14-15H2,1-7H3,(H,27,34)(H,28,35)(H,29,32)(H,30,33). The molecule has 37 heavy (non-hydrogen) atoms. The lowest BCUT2D eigenvalue weighted by atomic mass is 10.0. The zero-order valence-electron chi connectivity index (χ0n) is 22.7. The van der Waals surface area contributed by atoms with Crippen LogP contribution in [-0.4, -0.2) is 66.7 Å². The maximum Gasteiger partial charge on any atom is 0.408 e. The summed E-state index contributed by atoms with van der Waals surface area (Å²) in [5, 5.41) is 10.2. The Kier molecular flexibility index (Phi) is 12.6. The third-order valence-corrected chi connectivity index (χ3v) is 5.00. The van der Waals surface area contributed by atoms with Gasteiger partial charge in [-0.1, -0.05) is 44.2 Å². The summed E-state index contributed by atoms with van der Waals surface area (Å²) in [4.78, 5) is 62.5. The molecule has 1 aromatic carbocycles. The molecule has 3 unspecified atom stereocenters. The van der Waals surface area contributed by atoms with Crippen molar-refractivity contribution >= 4 is 29.8 Å². The molecule has 1 aromatic rings. The van der Waals surface area contributed by atoms with E-state index in [1.807, 2.05) is 6.07 Å². The molecular weight excluding hydrogens is 480 g/mol. The molecule has 0 fully saturated rings. The predicted molar refractivity (Wildman–Crippen MR) is 137 cm³/mol. The van der Waals surface area contributed by atoms with Gasteiger partial charge in [0.2, 0.25) is 17.7 Å². The fourth-order valence-electron chi connectivity index (χ4n) is 3.18. The molecule has 4 amide bonds. The van der Waals surface area contributed by atoms with Gasteiger partial charge in [-0.25, -0.2) is 4.79 Å². The molecule has 0 saturated heterocycles. The Bertz CT molecular complexity index is 929. The maximum absolute atomic E-state index is 13.3. The van der Waals surface area contributed by atoms with Crippen LogP contribution in [0, 0.1) is 5.92 Å². The van der Waals surface area contributed by atoms with Crippen molar-refractivity contribution in [2.45, 2.75) is 78.6 Å². The van der Waals surface area contributed by atoms with E-state index >= 15 is 0 Å². The van der Waals surface area contributed by atoms with Crippen molar-refractivity contribution in [2.24, 2.45) is 5.92 Å². The van der Waals surface area contributed by atoms with E-state index in [1.165, 1.54) is 6.92 Å². The highest BCUT2D eigenvalue weighted by Gasteiger charge is 2.30. The summed E-state index contributed by atoms with van der Waals surface area (Å²) in [6, 6.07) is 6.05. The lowest BCUT2D eigenvalue weighted by Crippen LogP contribution is -2.58. The van der Waals surface area contributed by atoms with Gasteiger partial charge in [-0.2, -0.15) is 0 Å². The Balaban J connectivity index is 2.97. The Labute approximate surface area is 218 Å². The van der Waals surface area contributed by atoms with E-state index < -0.39 is 53.5 Å². The van der Waals surface area contributed by atoms with Gasteiger partial charge in [-0.15, -0.1) is 0 Å². The Morgan fingerprint density at radius 1 is 0.865 bits per heavy atom. The van der Waals surface area contributed by atoms with E-state index in [9.17, 15) is 24.0 Å². The van der Waals surface area contributed by atoms with Crippen LogP contribution >= 0.6 is 0 Å². The van der Waals surface area contributed by atoms with E-state index in [4.69, 9.17) is 9.47 Å². The molecule has 206 valence electrons. The number of hydrogen-bond donors (Lipinski definition) is 4. The minimum Gasteiger partial charge on any atom is -0.465 e. The number of carbonyl (C=O) groups is 5. The van der Waals surface area contributed by atoms with Crippen molar-refractivity contribution in [3.05, 3.63) is 35.9 Å². The first-order chi connectivity index (χ1) is 17.2. The fraction of sp³-hybridized carbons (Fsp3) is 0.577. The number of nitrogens with one attached hydrogen (secondary N) is 4. The molecule has 0 bridgehead atoms. The molecule has 0 radical (unpaired) electrons. The highest BCUT2D eigenvalue weighted by atomic mass is 16.6. The zero-order chi connectivity index (χ0) is 28.2. The summed E-state index contributed by atoms with van der Waals surface area (Å²) in [5.41, 5.74) is 0.0407. The first kappa shape index (κ1) is 31.4. The number of amides is 4. The Hall–Kier alpha value is -3.63. The van der Waals surface area contributed by atoms with E-state index in [2.05, 4.69) is 21.3 Å². The molecule has 4 N–H and O–H groups in total. The van der Waals surface area contributed by atoms with Crippen molar-refractivity contribution in [1.82, 2.24) is 21.3 Å². The predicted octanol–water partition coefficient (Wildman–Crippen LogP) is 1.45. The normalized spacial score (nSPS) is 13.5. The number of carbonyl (C=O) groups excluding carboxylic acids is 5. The van der Waals surface area contributed by atoms with Gasteiger partial charge in [0.15, 0.2) is 0 Å². The largest absolute Gasteiger partial charge is 0.465 e. The molecule has 0 aliphatic rings. The van der Waals surface area contributed by atoms with E-state index in [-0.39, 0.29) is 25.5 Å². The van der Waals surface area contributed by atoms with Crippen molar-refractivity contribution in [1.29, 1.82) is 0 Å². The number of esters is 1. The SMILES string of the molecule is CCOC(=O)CNC(=O)C(NC(=O)C(Cc1ccccc1)NC(=O)C(C)NC(=O)OC(C)(C)C)C(C)C. The first-order valence-electron chi connectivity index (χ1n) is 12.3. The molecular formula is C26H40N4O7. The summed E-state index contributed by atoms with van der Waals surface area (Å²) in [6.07, 6.45) is -0.621. The second-order valence-electron chi connectivity index (χ2n) is 9.87. The number of ether oxygens (including phenoxy) is 2. The second-order valence-corrected chi connectivity index (χ2v) is 9.87. The maximum atomic E-state index is 13.3. The van der Waals surface area contributed by atoms with Gasteiger partial charge in [-0.05, 0) is 46.1 Å². The van der Waals surface area contributed by atoms with Gasteiger partial charge in [0.25, 0.3) is 0 Å². The summed E-state index contributed by atoms with van der Waals surface area (Å²) in [7, 11) is 0. The van der Waals surface area contributed by atoms with Gasteiger partial charge >= 0.3 is 12.1 Å². The molecule has 0 saturated carbocycles. The number of benzene rings is 1. The lowest BCUT2D eigenvalue weighted by Gasteiger charge is -2.26. The Morgan fingerprint density at radius 2 is 1.49 bits per heavy atom. The quantitative estimate of drug-likeness (QED) is 0.304.